The molecule has 0 radical (unpaired) electrons. The summed E-state index contributed by atoms with van der Waals surface area (Å²) in [4.78, 5) is 27.4. The van der Waals surface area contributed by atoms with Crippen molar-refractivity contribution >= 4 is 40.6 Å². The number of hydrogen-bond donors (Lipinski definition) is 2. The van der Waals surface area contributed by atoms with Crippen molar-refractivity contribution < 1.29 is 9.59 Å². The molecule has 0 aromatic carbocycles. The van der Waals surface area contributed by atoms with E-state index in [0.29, 0.717) is 0 Å². The molecule has 7 heteroatoms. The zero-order valence-electron chi connectivity index (χ0n) is 14.4. The van der Waals surface area contributed by atoms with Crippen molar-refractivity contribution in [2.75, 3.05) is 25.0 Å². The molecular weight excluding hydrogens is 334 g/mol. The van der Waals surface area contributed by atoms with Crippen molar-refractivity contribution in [1.82, 2.24) is 10.2 Å². The summed E-state index contributed by atoms with van der Waals surface area (Å²) in [5.74, 6) is 0.0241. The third kappa shape index (κ3) is 4.68. The fourth-order valence-electron chi connectivity index (χ4n) is 2.33. The smallest absolute Gasteiger partial charge is 0.264 e. The van der Waals surface area contributed by atoms with E-state index in [2.05, 4.69) is 17.6 Å². The van der Waals surface area contributed by atoms with E-state index in [1.165, 1.54) is 11.3 Å². The zero-order valence-corrected chi connectivity index (χ0v) is 16.0. The highest BCUT2D eigenvalue weighted by atomic mass is 35.5. The summed E-state index contributed by atoms with van der Waals surface area (Å²) in [7, 11) is 0. The molecule has 1 atom stereocenters. The Hall–Kier alpha value is -1.11. The van der Waals surface area contributed by atoms with E-state index in [4.69, 9.17) is 0 Å². The number of amides is 2. The molecule has 0 saturated carbocycles. The van der Waals surface area contributed by atoms with Crippen molar-refractivity contribution in [3.8, 4) is 0 Å². The van der Waals surface area contributed by atoms with Crippen LogP contribution in [0.25, 0.3) is 0 Å². The molecule has 0 aliphatic carbocycles. The minimum atomic E-state index is -0.449. The molecule has 1 saturated heterocycles. The first kappa shape index (κ1) is 19.9. The van der Waals surface area contributed by atoms with Crippen LogP contribution in [0.3, 0.4) is 0 Å². The van der Waals surface area contributed by atoms with Crippen molar-refractivity contribution in [1.29, 1.82) is 0 Å². The number of carbonyl (C=O) groups excluding carboxylic acids is 2. The van der Waals surface area contributed by atoms with Gasteiger partial charge < -0.3 is 15.5 Å². The minimum absolute atomic E-state index is 0. The Labute approximate surface area is 148 Å². The molecular formula is C16H26ClN3O2S. The number of thiophene rings is 1. The maximum atomic E-state index is 12.7. The van der Waals surface area contributed by atoms with Crippen molar-refractivity contribution in [3.63, 3.8) is 0 Å². The summed E-state index contributed by atoms with van der Waals surface area (Å²) in [6.45, 7) is 12.0. The van der Waals surface area contributed by atoms with Crippen LogP contribution in [-0.2, 0) is 4.79 Å². The Bertz CT molecular complexity index is 580. The van der Waals surface area contributed by atoms with E-state index in [9.17, 15) is 9.59 Å². The molecule has 1 aliphatic rings. The maximum absolute atomic E-state index is 12.7. The Morgan fingerprint density at radius 2 is 2.04 bits per heavy atom. The van der Waals surface area contributed by atoms with Crippen LogP contribution in [0, 0.1) is 12.3 Å². The Morgan fingerprint density at radius 3 is 2.61 bits per heavy atom. The predicted molar refractivity (Wildman–Crippen MR) is 97.8 cm³/mol. The van der Waals surface area contributed by atoms with Gasteiger partial charge in [-0.15, -0.1) is 23.7 Å². The van der Waals surface area contributed by atoms with Crippen LogP contribution >= 0.6 is 23.7 Å². The van der Waals surface area contributed by atoms with Crippen LogP contribution in [0.1, 0.15) is 42.9 Å². The number of halogens is 1. The lowest BCUT2D eigenvalue weighted by atomic mass is 9.96. The van der Waals surface area contributed by atoms with Crippen LogP contribution in [0.4, 0.5) is 5.00 Å². The van der Waals surface area contributed by atoms with Gasteiger partial charge in [-0.25, -0.2) is 0 Å². The van der Waals surface area contributed by atoms with E-state index in [1.807, 2.05) is 38.7 Å². The van der Waals surface area contributed by atoms with Gasteiger partial charge in [0.2, 0.25) is 5.91 Å². The average Bonchev–Trinajstić information content (AvgIpc) is 2.78. The van der Waals surface area contributed by atoms with Gasteiger partial charge in [0.05, 0.1) is 9.88 Å². The fourth-order valence-corrected chi connectivity index (χ4v) is 3.35. The summed E-state index contributed by atoms with van der Waals surface area (Å²) in [5, 5.41) is 6.93. The SMILES string of the molecule is Cc1cc(NC(=O)C(C)(C)C)sc1C(=O)N1CCNC[C@@H]1C.Cl. The molecule has 1 aliphatic heterocycles. The zero-order chi connectivity index (χ0) is 16.5. The number of carbonyl (C=O) groups is 2. The Morgan fingerprint density at radius 1 is 1.39 bits per heavy atom. The molecule has 23 heavy (non-hydrogen) atoms. The van der Waals surface area contributed by atoms with Gasteiger partial charge in [-0.3, -0.25) is 9.59 Å². The van der Waals surface area contributed by atoms with Crippen molar-refractivity contribution in [2.45, 2.75) is 40.7 Å². The lowest BCUT2D eigenvalue weighted by Gasteiger charge is -2.33. The third-order valence-electron chi connectivity index (χ3n) is 3.79. The van der Waals surface area contributed by atoms with Gasteiger partial charge in [-0.05, 0) is 25.5 Å². The maximum Gasteiger partial charge on any atom is 0.264 e. The Balaban J connectivity index is 0.00000264. The number of rotatable bonds is 2. The molecule has 130 valence electrons. The second-order valence-corrected chi connectivity index (χ2v) is 7.93. The molecule has 2 rings (SSSR count). The summed E-state index contributed by atoms with van der Waals surface area (Å²) < 4.78 is 0. The third-order valence-corrected chi connectivity index (χ3v) is 4.93. The van der Waals surface area contributed by atoms with Crippen molar-refractivity contribution in [2.24, 2.45) is 5.41 Å². The number of aryl methyl sites for hydroxylation is 1. The fraction of sp³-hybridized carbons (Fsp3) is 0.625. The van der Waals surface area contributed by atoms with Crippen LogP contribution in [0.15, 0.2) is 6.07 Å². The van der Waals surface area contributed by atoms with Gasteiger partial charge in [0.15, 0.2) is 0 Å². The lowest BCUT2D eigenvalue weighted by Crippen LogP contribution is -2.52. The molecule has 5 nitrogen and oxygen atoms in total. The molecule has 1 fully saturated rings. The number of anilines is 1. The van der Waals surface area contributed by atoms with Gasteiger partial charge in [0.1, 0.15) is 0 Å². The molecule has 1 aromatic heterocycles. The molecule has 2 amide bonds. The molecule has 2 heterocycles. The molecule has 1 aromatic rings. The van der Waals surface area contributed by atoms with E-state index in [-0.39, 0.29) is 30.3 Å². The summed E-state index contributed by atoms with van der Waals surface area (Å²) in [5.41, 5.74) is 0.472. The topological polar surface area (TPSA) is 61.4 Å². The quantitative estimate of drug-likeness (QED) is 0.853. The van der Waals surface area contributed by atoms with Crippen molar-refractivity contribution in [3.05, 3.63) is 16.5 Å². The first-order chi connectivity index (χ1) is 10.2. The van der Waals surface area contributed by atoms with Gasteiger partial charge in [-0.1, -0.05) is 20.8 Å². The highest BCUT2D eigenvalue weighted by Crippen LogP contribution is 2.30. The van der Waals surface area contributed by atoms with E-state index >= 15 is 0 Å². The van der Waals surface area contributed by atoms with Crippen LogP contribution in [0.5, 0.6) is 0 Å². The highest BCUT2D eigenvalue weighted by Gasteiger charge is 2.27. The first-order valence-corrected chi connectivity index (χ1v) is 8.45. The average molecular weight is 360 g/mol. The minimum Gasteiger partial charge on any atom is -0.333 e. The molecule has 2 N–H and O–H groups in total. The molecule has 0 unspecified atom stereocenters. The second kappa shape index (κ2) is 7.64. The van der Waals surface area contributed by atoms with Gasteiger partial charge >= 0.3 is 0 Å². The van der Waals surface area contributed by atoms with Crippen LogP contribution in [0.2, 0.25) is 0 Å². The largest absolute Gasteiger partial charge is 0.333 e. The van der Waals surface area contributed by atoms with E-state index < -0.39 is 5.41 Å². The lowest BCUT2D eigenvalue weighted by molar-refractivity contribution is -0.123. The van der Waals surface area contributed by atoms with Gasteiger partial charge in [0, 0.05) is 31.1 Å². The molecule has 0 spiro atoms. The van der Waals surface area contributed by atoms with Gasteiger partial charge in [0.25, 0.3) is 5.91 Å². The molecule has 0 bridgehead atoms. The number of nitrogens with one attached hydrogen (secondary N) is 2. The predicted octanol–water partition coefficient (Wildman–Crippen LogP) is 2.90. The number of piperazine rings is 1. The summed E-state index contributed by atoms with van der Waals surface area (Å²) in [6.07, 6.45) is 0. The van der Waals surface area contributed by atoms with Gasteiger partial charge in [-0.2, -0.15) is 0 Å². The van der Waals surface area contributed by atoms with Crippen LogP contribution < -0.4 is 10.6 Å². The van der Waals surface area contributed by atoms with E-state index in [0.717, 1.165) is 35.1 Å². The Kier molecular flexibility index (Phi) is 6.62. The van der Waals surface area contributed by atoms with E-state index in [1.54, 1.807) is 0 Å². The normalized spacial score (nSPS) is 18.3. The van der Waals surface area contributed by atoms with Crippen LogP contribution in [-0.4, -0.2) is 42.4 Å². The summed E-state index contributed by atoms with van der Waals surface area (Å²) >= 11 is 1.36. The summed E-state index contributed by atoms with van der Waals surface area (Å²) in [6, 6.07) is 2.07. The highest BCUT2D eigenvalue weighted by molar-refractivity contribution is 7.18. The second-order valence-electron chi connectivity index (χ2n) is 6.88. The first-order valence-electron chi connectivity index (χ1n) is 7.63. The standard InChI is InChI=1S/C16H25N3O2S.ClH/c1-10-8-12(18-15(21)16(3,4)5)22-13(10)14(20)19-7-6-17-9-11(19)2;/h8,11,17H,6-7,9H2,1-5H3,(H,18,21);1H/t11-;/m0./s1. The number of nitrogens with zero attached hydrogens (tertiary/aromatic N) is 1. The number of hydrogen-bond acceptors (Lipinski definition) is 4. The monoisotopic (exact) mass is 359 g/mol.